The third-order valence-electron chi connectivity index (χ3n) is 7.16. The molecule has 0 bridgehead atoms. The zero-order chi connectivity index (χ0) is 29.7. The molecule has 216 valence electrons. The SMILES string of the molecule is CO[C@H]1CN(C)C(=O)c2ccc(NC(=O)c3ccc(F)cc3)cc2OC[C@@H](C)N(C(=O)c2ccc(F)cc2)C[C@@H]1C. The molecule has 1 aliphatic heterocycles. The predicted molar refractivity (Wildman–Crippen MR) is 150 cm³/mol. The van der Waals surface area contributed by atoms with Crippen molar-refractivity contribution in [2.75, 3.05) is 39.2 Å². The van der Waals surface area contributed by atoms with E-state index in [9.17, 15) is 23.2 Å². The van der Waals surface area contributed by atoms with Gasteiger partial charge >= 0.3 is 0 Å². The van der Waals surface area contributed by atoms with Gasteiger partial charge in [-0.05, 0) is 67.6 Å². The number of ether oxygens (including phenoxy) is 2. The molecule has 41 heavy (non-hydrogen) atoms. The largest absolute Gasteiger partial charge is 0.491 e. The molecule has 0 unspecified atom stereocenters. The number of halogens is 2. The molecule has 1 aliphatic rings. The second-order valence-corrected chi connectivity index (χ2v) is 10.2. The van der Waals surface area contributed by atoms with Crippen molar-refractivity contribution in [3.05, 3.63) is 95.1 Å². The molecule has 0 radical (unpaired) electrons. The molecule has 1 heterocycles. The number of hydrogen-bond donors (Lipinski definition) is 1. The molecule has 0 fully saturated rings. The van der Waals surface area contributed by atoms with Gasteiger partial charge in [-0.3, -0.25) is 14.4 Å². The van der Waals surface area contributed by atoms with Crippen molar-refractivity contribution < 1.29 is 32.6 Å². The summed E-state index contributed by atoms with van der Waals surface area (Å²) in [6.07, 6.45) is -0.377. The van der Waals surface area contributed by atoms with Crippen LogP contribution in [0.5, 0.6) is 5.75 Å². The first-order chi connectivity index (χ1) is 19.6. The summed E-state index contributed by atoms with van der Waals surface area (Å²) in [5.41, 5.74) is 1.25. The molecule has 8 nitrogen and oxygen atoms in total. The second kappa shape index (κ2) is 12.9. The average molecular weight is 566 g/mol. The zero-order valence-electron chi connectivity index (χ0n) is 23.4. The van der Waals surface area contributed by atoms with Crippen LogP contribution in [0.2, 0.25) is 0 Å². The maximum absolute atomic E-state index is 13.5. The molecular weight excluding hydrogens is 532 g/mol. The van der Waals surface area contributed by atoms with Crippen LogP contribution in [0.4, 0.5) is 14.5 Å². The molecule has 3 amide bonds. The summed E-state index contributed by atoms with van der Waals surface area (Å²) in [5.74, 6) is -1.85. The fourth-order valence-corrected chi connectivity index (χ4v) is 4.70. The van der Waals surface area contributed by atoms with Gasteiger partial charge in [0.05, 0.1) is 17.7 Å². The minimum atomic E-state index is -0.456. The Kier molecular flexibility index (Phi) is 9.34. The van der Waals surface area contributed by atoms with Crippen molar-refractivity contribution in [2.24, 2.45) is 5.92 Å². The quantitative estimate of drug-likeness (QED) is 0.488. The van der Waals surface area contributed by atoms with E-state index in [1.807, 2.05) is 13.8 Å². The summed E-state index contributed by atoms with van der Waals surface area (Å²) in [7, 11) is 3.22. The Morgan fingerprint density at radius 2 is 1.54 bits per heavy atom. The van der Waals surface area contributed by atoms with Crippen molar-refractivity contribution >= 4 is 23.4 Å². The molecule has 0 saturated carbocycles. The van der Waals surface area contributed by atoms with Crippen LogP contribution in [0.1, 0.15) is 44.9 Å². The van der Waals surface area contributed by atoms with Crippen molar-refractivity contribution in [2.45, 2.75) is 26.0 Å². The molecule has 3 atom stereocenters. The smallest absolute Gasteiger partial charge is 0.257 e. The van der Waals surface area contributed by atoms with Gasteiger partial charge in [0.25, 0.3) is 17.7 Å². The molecule has 0 spiro atoms. The van der Waals surface area contributed by atoms with Gasteiger partial charge in [-0.2, -0.15) is 0 Å². The van der Waals surface area contributed by atoms with Gasteiger partial charge in [-0.1, -0.05) is 6.92 Å². The minimum Gasteiger partial charge on any atom is -0.491 e. The lowest BCUT2D eigenvalue weighted by molar-refractivity contribution is 0.0111. The van der Waals surface area contributed by atoms with Gasteiger partial charge in [-0.25, -0.2) is 8.78 Å². The van der Waals surface area contributed by atoms with Crippen molar-refractivity contribution in [3.63, 3.8) is 0 Å². The second-order valence-electron chi connectivity index (χ2n) is 10.2. The van der Waals surface area contributed by atoms with E-state index in [-0.39, 0.29) is 53.9 Å². The molecule has 3 aromatic rings. The van der Waals surface area contributed by atoms with E-state index in [0.29, 0.717) is 17.8 Å². The van der Waals surface area contributed by atoms with Crippen molar-refractivity contribution in [1.82, 2.24) is 9.80 Å². The third kappa shape index (κ3) is 7.07. The van der Waals surface area contributed by atoms with Crippen LogP contribution >= 0.6 is 0 Å². The predicted octanol–water partition coefficient (Wildman–Crippen LogP) is 4.86. The van der Waals surface area contributed by atoms with E-state index in [1.165, 1.54) is 53.4 Å². The number of likely N-dealkylation sites (N-methyl/N-ethyl adjacent to an activating group) is 1. The number of nitrogens with zero attached hydrogens (tertiary/aromatic N) is 2. The highest BCUT2D eigenvalue weighted by molar-refractivity contribution is 6.05. The minimum absolute atomic E-state index is 0.0384. The Morgan fingerprint density at radius 3 is 2.15 bits per heavy atom. The highest BCUT2D eigenvalue weighted by Crippen LogP contribution is 2.27. The van der Waals surface area contributed by atoms with Crippen molar-refractivity contribution in [1.29, 1.82) is 0 Å². The number of carbonyl (C=O) groups is 3. The molecule has 0 aromatic heterocycles. The van der Waals surface area contributed by atoms with Crippen LogP contribution in [-0.2, 0) is 4.74 Å². The molecule has 3 aromatic carbocycles. The number of anilines is 1. The van der Waals surface area contributed by atoms with E-state index in [4.69, 9.17) is 9.47 Å². The number of rotatable bonds is 4. The van der Waals surface area contributed by atoms with E-state index >= 15 is 0 Å². The zero-order valence-corrected chi connectivity index (χ0v) is 23.4. The number of methoxy groups -OCH3 is 1. The van der Waals surface area contributed by atoms with Gasteiger partial charge in [0.1, 0.15) is 24.0 Å². The van der Waals surface area contributed by atoms with Gasteiger partial charge in [0, 0.05) is 56.0 Å². The van der Waals surface area contributed by atoms with E-state index < -0.39 is 23.6 Å². The monoisotopic (exact) mass is 565 g/mol. The number of carbonyl (C=O) groups excluding carboxylic acids is 3. The average Bonchev–Trinajstić information content (AvgIpc) is 2.96. The van der Waals surface area contributed by atoms with Crippen LogP contribution in [0.25, 0.3) is 0 Å². The summed E-state index contributed by atoms with van der Waals surface area (Å²) in [6.45, 7) is 4.38. The van der Waals surface area contributed by atoms with Gasteiger partial charge < -0.3 is 24.6 Å². The highest BCUT2D eigenvalue weighted by atomic mass is 19.1. The highest BCUT2D eigenvalue weighted by Gasteiger charge is 2.31. The lowest BCUT2D eigenvalue weighted by Crippen LogP contribution is -2.48. The molecule has 10 heteroatoms. The van der Waals surface area contributed by atoms with Crippen LogP contribution in [0.3, 0.4) is 0 Å². The number of hydrogen-bond acceptors (Lipinski definition) is 5. The van der Waals surface area contributed by atoms with E-state index in [1.54, 1.807) is 37.3 Å². The number of nitrogens with one attached hydrogen (secondary N) is 1. The fourth-order valence-electron chi connectivity index (χ4n) is 4.70. The Bertz CT molecular complexity index is 1400. The van der Waals surface area contributed by atoms with Crippen LogP contribution in [0, 0.1) is 17.6 Å². The maximum Gasteiger partial charge on any atom is 0.257 e. The summed E-state index contributed by atoms with van der Waals surface area (Å²) in [4.78, 5) is 42.9. The Balaban J connectivity index is 1.66. The van der Waals surface area contributed by atoms with Gasteiger partial charge in [0.15, 0.2) is 0 Å². The van der Waals surface area contributed by atoms with E-state index in [0.717, 1.165) is 0 Å². The summed E-state index contributed by atoms with van der Waals surface area (Å²) < 4.78 is 38.7. The Morgan fingerprint density at radius 1 is 0.927 bits per heavy atom. The maximum atomic E-state index is 13.5. The van der Waals surface area contributed by atoms with Crippen LogP contribution < -0.4 is 10.1 Å². The summed E-state index contributed by atoms with van der Waals surface area (Å²) in [6, 6.07) is 14.8. The molecule has 4 rings (SSSR count). The summed E-state index contributed by atoms with van der Waals surface area (Å²) in [5, 5.41) is 2.74. The Labute approximate surface area is 237 Å². The standard InChI is InChI=1S/C31H33F2N3O5/c1-19-16-36(30(38)22-7-11-24(33)12-8-22)20(2)18-41-27-15-25(34-29(37)21-5-9-23(32)10-6-21)13-14-26(27)31(39)35(3)17-28(19)40-4/h5-15,19-20,28H,16-18H2,1-4H3,(H,34,37)/t19-,20+,28-/m0/s1. The molecule has 1 N–H and O–H groups in total. The normalized spacial score (nSPS) is 19.9. The first kappa shape index (κ1) is 29.7. The fraction of sp³-hybridized carbons (Fsp3) is 0.323. The topological polar surface area (TPSA) is 88.2 Å². The number of fused-ring (bicyclic) bond motifs is 1. The lowest BCUT2D eigenvalue weighted by atomic mass is 10.0. The van der Waals surface area contributed by atoms with Crippen molar-refractivity contribution in [3.8, 4) is 5.75 Å². The number of amides is 3. The third-order valence-corrected chi connectivity index (χ3v) is 7.16. The summed E-state index contributed by atoms with van der Waals surface area (Å²) >= 11 is 0. The van der Waals surface area contributed by atoms with Gasteiger partial charge in [0.2, 0.25) is 0 Å². The molecule has 0 aliphatic carbocycles. The van der Waals surface area contributed by atoms with Crippen LogP contribution in [-0.4, -0.2) is 73.5 Å². The first-order valence-electron chi connectivity index (χ1n) is 13.3. The molecular formula is C31H33F2N3O5. The first-order valence-corrected chi connectivity index (χ1v) is 13.3. The van der Waals surface area contributed by atoms with E-state index in [2.05, 4.69) is 5.32 Å². The Hall–Kier alpha value is -4.31. The lowest BCUT2D eigenvalue weighted by Gasteiger charge is -2.36. The molecule has 0 saturated heterocycles. The van der Waals surface area contributed by atoms with Crippen LogP contribution in [0.15, 0.2) is 66.7 Å². The van der Waals surface area contributed by atoms with Gasteiger partial charge in [-0.15, -0.1) is 0 Å². The number of benzene rings is 3.